The smallest absolute Gasteiger partial charge is 0.283 e. The van der Waals surface area contributed by atoms with E-state index in [1.165, 1.54) is 5.01 Å². The average Bonchev–Trinajstić information content (AvgIpc) is 3.14. The van der Waals surface area contributed by atoms with Gasteiger partial charge in [-0.2, -0.15) is 15.1 Å². The highest BCUT2D eigenvalue weighted by atomic mass is 32.2. The predicted molar refractivity (Wildman–Crippen MR) is 118 cm³/mol. The first kappa shape index (κ1) is 20.3. The molecule has 0 radical (unpaired) electrons. The monoisotopic (exact) mass is 426 g/mol. The van der Waals surface area contributed by atoms with Crippen molar-refractivity contribution in [3.63, 3.8) is 0 Å². The van der Waals surface area contributed by atoms with E-state index in [4.69, 9.17) is 10.1 Å². The zero-order chi connectivity index (χ0) is 21.3. The number of rotatable bonds is 4. The zero-order valence-electron chi connectivity index (χ0n) is 16.8. The SMILES string of the molecule is CN(C)c1ccc(/C=C2\C(=N)N3N=C(CC(=O)N4CCOCC4)SC3=NC2=O)cc1. The molecular formula is C20H22N6O3S. The van der Waals surface area contributed by atoms with Crippen molar-refractivity contribution in [1.29, 1.82) is 5.41 Å². The van der Waals surface area contributed by atoms with Gasteiger partial charge in [-0.05, 0) is 35.5 Å². The van der Waals surface area contributed by atoms with Gasteiger partial charge in [-0.15, -0.1) is 0 Å². The summed E-state index contributed by atoms with van der Waals surface area (Å²) in [5.41, 5.74) is 2.00. The number of nitrogens with one attached hydrogen (secondary N) is 1. The Morgan fingerprint density at radius 1 is 1.27 bits per heavy atom. The lowest BCUT2D eigenvalue weighted by Gasteiger charge is -2.26. The lowest BCUT2D eigenvalue weighted by molar-refractivity contribution is -0.133. The van der Waals surface area contributed by atoms with E-state index in [2.05, 4.69) is 10.1 Å². The summed E-state index contributed by atoms with van der Waals surface area (Å²) in [6, 6.07) is 7.65. The van der Waals surface area contributed by atoms with Crippen molar-refractivity contribution in [2.75, 3.05) is 45.3 Å². The maximum atomic E-state index is 12.5. The Morgan fingerprint density at radius 2 is 1.97 bits per heavy atom. The molecule has 3 heterocycles. The number of anilines is 1. The maximum absolute atomic E-state index is 12.5. The van der Waals surface area contributed by atoms with Crippen LogP contribution < -0.4 is 4.90 Å². The molecule has 2 amide bonds. The number of hydrazone groups is 1. The summed E-state index contributed by atoms with van der Waals surface area (Å²) >= 11 is 1.16. The Balaban J connectivity index is 1.50. The van der Waals surface area contributed by atoms with E-state index in [1.807, 2.05) is 43.3 Å². The molecule has 30 heavy (non-hydrogen) atoms. The number of benzene rings is 1. The largest absolute Gasteiger partial charge is 0.378 e. The van der Waals surface area contributed by atoms with Crippen LogP contribution in [0.1, 0.15) is 12.0 Å². The molecule has 3 aliphatic heterocycles. The van der Waals surface area contributed by atoms with Crippen molar-refractivity contribution in [3.8, 4) is 0 Å². The molecule has 1 fully saturated rings. The molecular weight excluding hydrogens is 404 g/mol. The van der Waals surface area contributed by atoms with Gasteiger partial charge in [0.15, 0.2) is 5.84 Å². The zero-order valence-corrected chi connectivity index (χ0v) is 17.6. The Hall–Kier alpha value is -2.98. The molecule has 4 rings (SSSR count). The van der Waals surface area contributed by atoms with Crippen molar-refractivity contribution >= 4 is 51.4 Å². The fraction of sp³-hybridized carbons (Fsp3) is 0.350. The van der Waals surface area contributed by atoms with Gasteiger partial charge in [0.25, 0.3) is 5.91 Å². The van der Waals surface area contributed by atoms with Crippen LogP contribution in [0, 0.1) is 5.41 Å². The van der Waals surface area contributed by atoms with Crippen molar-refractivity contribution in [1.82, 2.24) is 9.91 Å². The van der Waals surface area contributed by atoms with E-state index in [-0.39, 0.29) is 23.7 Å². The molecule has 10 heteroatoms. The van der Waals surface area contributed by atoms with Gasteiger partial charge in [-0.3, -0.25) is 15.0 Å². The summed E-state index contributed by atoms with van der Waals surface area (Å²) in [7, 11) is 3.91. The molecule has 1 N–H and O–H groups in total. The number of aliphatic imine (C=N–C) groups is 1. The van der Waals surface area contributed by atoms with Crippen LogP contribution in [0.2, 0.25) is 0 Å². The number of nitrogens with zero attached hydrogens (tertiary/aromatic N) is 5. The van der Waals surface area contributed by atoms with E-state index in [0.717, 1.165) is 23.0 Å². The van der Waals surface area contributed by atoms with Gasteiger partial charge in [0.05, 0.1) is 25.2 Å². The van der Waals surface area contributed by atoms with Crippen LogP contribution in [-0.2, 0) is 14.3 Å². The molecule has 1 saturated heterocycles. The number of carbonyl (C=O) groups excluding carboxylic acids is 2. The molecule has 1 aromatic carbocycles. The second-order valence-corrected chi connectivity index (χ2v) is 8.21. The van der Waals surface area contributed by atoms with Crippen molar-refractivity contribution in [2.24, 2.45) is 10.1 Å². The highest BCUT2D eigenvalue weighted by molar-refractivity contribution is 8.27. The number of thioether (sulfide) groups is 1. The standard InChI is InChI=1S/C20H22N6O3S/c1-24(2)14-5-3-13(4-6-14)11-15-18(21)26-20(22-19(15)28)30-16(23-26)12-17(27)25-7-9-29-10-8-25/h3-6,11,21H,7-10,12H2,1-2H3/b15-11+,21-18?. The van der Waals surface area contributed by atoms with Crippen LogP contribution in [0.4, 0.5) is 5.69 Å². The number of ether oxygens (including phenoxy) is 1. The predicted octanol–water partition coefficient (Wildman–Crippen LogP) is 1.62. The molecule has 9 nitrogen and oxygen atoms in total. The van der Waals surface area contributed by atoms with Crippen LogP contribution in [-0.4, -0.2) is 78.2 Å². The molecule has 0 atom stereocenters. The molecule has 3 aliphatic rings. The summed E-state index contributed by atoms with van der Waals surface area (Å²) in [5, 5.41) is 15.0. The maximum Gasteiger partial charge on any atom is 0.283 e. The summed E-state index contributed by atoms with van der Waals surface area (Å²) in [5.74, 6) is -0.561. The molecule has 0 unspecified atom stereocenters. The van der Waals surface area contributed by atoms with Gasteiger partial charge in [0.1, 0.15) is 5.04 Å². The van der Waals surface area contributed by atoms with E-state index in [1.54, 1.807) is 11.0 Å². The number of hydrogen-bond acceptors (Lipinski definition) is 7. The Morgan fingerprint density at radius 3 is 2.63 bits per heavy atom. The first-order valence-corrected chi connectivity index (χ1v) is 10.4. The van der Waals surface area contributed by atoms with Crippen LogP contribution in [0.25, 0.3) is 6.08 Å². The third kappa shape index (κ3) is 4.14. The van der Waals surface area contributed by atoms with Crippen LogP contribution in [0.3, 0.4) is 0 Å². The van der Waals surface area contributed by atoms with E-state index in [0.29, 0.717) is 36.5 Å². The molecule has 0 aromatic heterocycles. The second kappa shape index (κ2) is 8.41. The first-order chi connectivity index (χ1) is 14.4. The number of fused-ring (bicyclic) bond motifs is 1. The normalized spacial score (nSPS) is 20.3. The fourth-order valence-electron chi connectivity index (χ4n) is 3.19. The lowest BCUT2D eigenvalue weighted by Crippen LogP contribution is -2.41. The summed E-state index contributed by atoms with van der Waals surface area (Å²) < 4.78 is 5.27. The van der Waals surface area contributed by atoms with Gasteiger partial charge < -0.3 is 14.5 Å². The van der Waals surface area contributed by atoms with Crippen LogP contribution in [0.5, 0.6) is 0 Å². The summed E-state index contributed by atoms with van der Waals surface area (Å²) in [4.78, 5) is 32.8. The number of morpholine rings is 1. The van der Waals surface area contributed by atoms with Crippen molar-refractivity contribution < 1.29 is 14.3 Å². The van der Waals surface area contributed by atoms with Gasteiger partial charge in [-0.25, -0.2) is 0 Å². The van der Waals surface area contributed by atoms with E-state index in [9.17, 15) is 9.59 Å². The first-order valence-electron chi connectivity index (χ1n) is 9.54. The third-order valence-corrected chi connectivity index (χ3v) is 5.79. The molecule has 1 aromatic rings. The van der Waals surface area contributed by atoms with Crippen LogP contribution >= 0.6 is 11.8 Å². The van der Waals surface area contributed by atoms with Gasteiger partial charge >= 0.3 is 0 Å². The molecule has 0 aliphatic carbocycles. The minimum atomic E-state index is -0.480. The second-order valence-electron chi connectivity index (χ2n) is 7.17. The Kier molecular flexibility index (Phi) is 5.69. The van der Waals surface area contributed by atoms with E-state index < -0.39 is 5.91 Å². The summed E-state index contributed by atoms with van der Waals surface area (Å²) in [6.07, 6.45) is 1.76. The van der Waals surface area contributed by atoms with Crippen LogP contribution in [0.15, 0.2) is 39.9 Å². The Labute approximate surface area is 178 Å². The molecule has 0 saturated carbocycles. The average molecular weight is 427 g/mol. The van der Waals surface area contributed by atoms with Gasteiger partial charge in [-0.1, -0.05) is 12.1 Å². The number of amides is 2. The highest BCUT2D eigenvalue weighted by Gasteiger charge is 2.36. The number of hydrogen-bond donors (Lipinski definition) is 1. The van der Waals surface area contributed by atoms with Gasteiger partial charge in [0, 0.05) is 32.9 Å². The minimum absolute atomic E-state index is 0.0389. The minimum Gasteiger partial charge on any atom is -0.378 e. The summed E-state index contributed by atoms with van der Waals surface area (Å²) in [6.45, 7) is 2.20. The molecule has 0 bridgehead atoms. The van der Waals surface area contributed by atoms with Gasteiger partial charge in [0.2, 0.25) is 11.1 Å². The highest BCUT2D eigenvalue weighted by Crippen LogP contribution is 2.30. The van der Waals surface area contributed by atoms with E-state index >= 15 is 0 Å². The molecule has 156 valence electrons. The van der Waals surface area contributed by atoms with Crippen molar-refractivity contribution in [3.05, 3.63) is 35.4 Å². The number of amidine groups is 2. The molecule has 0 spiro atoms. The third-order valence-electron chi connectivity index (χ3n) is 4.88. The Bertz CT molecular complexity index is 977. The number of carbonyl (C=O) groups is 2. The quantitative estimate of drug-likeness (QED) is 0.734. The van der Waals surface area contributed by atoms with Crippen molar-refractivity contribution in [2.45, 2.75) is 6.42 Å². The fourth-order valence-corrected chi connectivity index (χ4v) is 4.07. The topological polar surface area (TPSA) is 102 Å². The lowest BCUT2D eigenvalue weighted by atomic mass is 10.1.